The molecule has 1 saturated heterocycles. The lowest BCUT2D eigenvalue weighted by Crippen LogP contribution is -2.35. The average molecular weight is 338 g/mol. The van der Waals surface area contributed by atoms with Gasteiger partial charge in [0.2, 0.25) is 0 Å². The van der Waals surface area contributed by atoms with Crippen LogP contribution in [0.2, 0.25) is 0 Å². The average Bonchev–Trinajstić information content (AvgIpc) is 2.84. The van der Waals surface area contributed by atoms with Crippen LogP contribution in [-0.2, 0) is 9.92 Å². The lowest BCUT2D eigenvalue weighted by molar-refractivity contribution is 0.214. The summed E-state index contributed by atoms with van der Waals surface area (Å²) < 4.78 is 18.4. The van der Waals surface area contributed by atoms with Crippen molar-refractivity contribution in [3.05, 3.63) is 24.3 Å². The third kappa shape index (κ3) is 4.23. The predicted octanol–water partition coefficient (Wildman–Crippen LogP) is 3.03. The molecule has 1 N–H and O–H groups in total. The van der Waals surface area contributed by atoms with E-state index in [9.17, 15) is 9.00 Å². The Kier molecular flexibility index (Phi) is 6.01. The van der Waals surface area contributed by atoms with E-state index in [4.69, 9.17) is 0 Å². The van der Waals surface area contributed by atoms with Crippen LogP contribution in [0.4, 0.5) is 10.5 Å². The first kappa shape index (κ1) is 17.7. The van der Waals surface area contributed by atoms with E-state index in [1.807, 2.05) is 4.90 Å². The summed E-state index contributed by atoms with van der Waals surface area (Å²) in [7, 11) is 2.48. The van der Waals surface area contributed by atoms with Gasteiger partial charge < -0.3 is 10.2 Å². The van der Waals surface area contributed by atoms with Crippen molar-refractivity contribution in [2.45, 2.75) is 30.6 Å². The lowest BCUT2D eigenvalue weighted by Gasteiger charge is -2.21. The van der Waals surface area contributed by atoms with Crippen molar-refractivity contribution in [3.8, 4) is 0 Å². The largest absolute Gasteiger partial charge is 0.325 e. The molecule has 0 radical (unpaired) electrons. The number of benzene rings is 1. The van der Waals surface area contributed by atoms with Crippen molar-refractivity contribution in [2.24, 2.45) is 4.36 Å². The van der Waals surface area contributed by atoms with Gasteiger partial charge in [-0.1, -0.05) is 12.8 Å². The summed E-state index contributed by atoms with van der Waals surface area (Å²) in [4.78, 5) is 14.8. The summed E-state index contributed by atoms with van der Waals surface area (Å²) >= 11 is 0. The molecule has 0 bridgehead atoms. The van der Waals surface area contributed by atoms with E-state index in [0.29, 0.717) is 10.6 Å². The van der Waals surface area contributed by atoms with E-state index in [1.165, 1.54) is 12.8 Å². The summed E-state index contributed by atoms with van der Waals surface area (Å²) in [5.41, 5.74) is 0.708. The molecule has 0 saturated carbocycles. The number of nitrogens with zero attached hydrogens (tertiary/aromatic N) is 3. The van der Waals surface area contributed by atoms with Gasteiger partial charge >= 0.3 is 6.03 Å². The molecule has 1 aromatic carbocycles. The van der Waals surface area contributed by atoms with Gasteiger partial charge in [-0.15, -0.1) is 0 Å². The van der Waals surface area contributed by atoms with Gasteiger partial charge in [-0.2, -0.15) is 0 Å². The summed E-state index contributed by atoms with van der Waals surface area (Å²) in [6, 6.07) is 7.01. The Bertz CT molecular complexity index is 641. The van der Waals surface area contributed by atoms with Crippen molar-refractivity contribution in [2.75, 3.05) is 39.5 Å². The Balaban J connectivity index is 2.08. The van der Waals surface area contributed by atoms with Crippen molar-refractivity contribution in [1.82, 2.24) is 9.21 Å². The van der Waals surface area contributed by atoms with Crippen molar-refractivity contribution >= 4 is 21.6 Å². The molecule has 1 unspecified atom stereocenters. The molecule has 23 heavy (non-hydrogen) atoms. The maximum Gasteiger partial charge on any atom is 0.321 e. The quantitative estimate of drug-likeness (QED) is 0.920. The molecule has 128 valence electrons. The third-order valence-corrected chi connectivity index (χ3v) is 6.42. The van der Waals surface area contributed by atoms with Crippen LogP contribution in [0.3, 0.4) is 0 Å². The van der Waals surface area contributed by atoms with E-state index in [-0.39, 0.29) is 6.03 Å². The fraction of sp³-hybridized carbons (Fsp3) is 0.562. The first-order chi connectivity index (χ1) is 11.0. The van der Waals surface area contributed by atoms with Gasteiger partial charge in [0, 0.05) is 39.9 Å². The Morgan fingerprint density at radius 3 is 2.17 bits per heavy atom. The highest BCUT2D eigenvalue weighted by atomic mass is 32.2. The Morgan fingerprint density at radius 2 is 1.70 bits per heavy atom. The fourth-order valence-corrected chi connectivity index (χ4v) is 4.12. The van der Waals surface area contributed by atoms with E-state index in [1.54, 1.807) is 49.7 Å². The molecule has 1 heterocycles. The Labute approximate surface area is 139 Å². The molecule has 7 heteroatoms. The standard InChI is InChI=1S/C16H26N4O2S/c1-17-23(22,19(2)3)15-10-8-14(9-11-15)18-16(21)20-12-6-4-5-7-13-20/h8-11H,4-7,12-13H2,1-3H3,(H,18,21). The maximum absolute atomic E-state index is 12.7. The predicted molar refractivity (Wildman–Crippen MR) is 93.9 cm³/mol. The molecule has 6 nitrogen and oxygen atoms in total. The van der Waals surface area contributed by atoms with E-state index >= 15 is 0 Å². The zero-order valence-electron chi connectivity index (χ0n) is 14.1. The number of urea groups is 1. The summed E-state index contributed by atoms with van der Waals surface area (Å²) in [5.74, 6) is 0. The molecular formula is C16H26N4O2S. The number of hydrogen-bond acceptors (Lipinski definition) is 3. The molecule has 1 aliphatic rings. The third-order valence-electron chi connectivity index (χ3n) is 4.05. The van der Waals surface area contributed by atoms with Gasteiger partial charge in [-0.3, -0.25) is 0 Å². The van der Waals surface area contributed by atoms with Crippen LogP contribution in [0.15, 0.2) is 33.5 Å². The van der Waals surface area contributed by atoms with Gasteiger partial charge in [0.05, 0.1) is 4.90 Å². The molecule has 1 aromatic rings. The highest BCUT2D eigenvalue weighted by Crippen LogP contribution is 2.19. The number of nitrogens with one attached hydrogen (secondary N) is 1. The Morgan fingerprint density at radius 1 is 1.13 bits per heavy atom. The molecule has 0 aliphatic carbocycles. The van der Waals surface area contributed by atoms with Gasteiger partial charge in [0.25, 0.3) is 0 Å². The monoisotopic (exact) mass is 338 g/mol. The number of rotatable bonds is 3. The highest BCUT2D eigenvalue weighted by molar-refractivity contribution is 7.91. The summed E-state index contributed by atoms with van der Waals surface area (Å²) in [5, 5.41) is 2.92. The van der Waals surface area contributed by atoms with Crippen LogP contribution in [0, 0.1) is 0 Å². The number of carbonyl (C=O) groups is 1. The molecule has 0 aromatic heterocycles. The molecule has 2 rings (SSSR count). The summed E-state index contributed by atoms with van der Waals surface area (Å²) in [6.45, 7) is 1.63. The van der Waals surface area contributed by atoms with E-state index < -0.39 is 9.92 Å². The van der Waals surface area contributed by atoms with Gasteiger partial charge in [-0.25, -0.2) is 17.7 Å². The molecule has 2 amide bonds. The maximum atomic E-state index is 12.7. The first-order valence-corrected chi connectivity index (χ1v) is 9.43. The van der Waals surface area contributed by atoms with E-state index in [2.05, 4.69) is 9.68 Å². The molecule has 1 aliphatic heterocycles. The normalized spacial score (nSPS) is 18.2. The number of anilines is 1. The first-order valence-electron chi connectivity index (χ1n) is 7.96. The molecule has 1 fully saturated rings. The minimum Gasteiger partial charge on any atom is -0.325 e. The second-order valence-electron chi connectivity index (χ2n) is 5.85. The highest BCUT2D eigenvalue weighted by Gasteiger charge is 2.17. The fourth-order valence-electron chi connectivity index (χ4n) is 2.67. The smallest absolute Gasteiger partial charge is 0.321 e. The van der Waals surface area contributed by atoms with Crippen LogP contribution in [0.25, 0.3) is 0 Å². The topological polar surface area (TPSA) is 65.0 Å². The van der Waals surface area contributed by atoms with Gasteiger partial charge in [0.1, 0.15) is 9.92 Å². The zero-order chi connectivity index (χ0) is 16.9. The van der Waals surface area contributed by atoms with Crippen LogP contribution in [0.5, 0.6) is 0 Å². The number of amides is 2. The van der Waals surface area contributed by atoms with Crippen molar-refractivity contribution < 1.29 is 9.00 Å². The SMILES string of the molecule is CN=S(=O)(c1ccc(NC(=O)N2CCCCCC2)cc1)N(C)C. The molecule has 1 atom stereocenters. The molecular weight excluding hydrogens is 312 g/mol. The summed E-state index contributed by atoms with van der Waals surface area (Å²) in [6.07, 6.45) is 4.51. The van der Waals surface area contributed by atoms with Crippen molar-refractivity contribution in [3.63, 3.8) is 0 Å². The molecule has 0 spiro atoms. The number of likely N-dealkylation sites (tertiary alicyclic amines) is 1. The second-order valence-corrected chi connectivity index (χ2v) is 8.41. The van der Waals surface area contributed by atoms with Crippen LogP contribution in [0.1, 0.15) is 25.7 Å². The minimum absolute atomic E-state index is 0.0619. The second kappa shape index (κ2) is 7.79. The van der Waals surface area contributed by atoms with Crippen LogP contribution < -0.4 is 5.32 Å². The van der Waals surface area contributed by atoms with E-state index in [0.717, 1.165) is 25.9 Å². The minimum atomic E-state index is -2.56. The zero-order valence-corrected chi connectivity index (χ0v) is 14.9. The van der Waals surface area contributed by atoms with Gasteiger partial charge in [0.15, 0.2) is 0 Å². The van der Waals surface area contributed by atoms with Gasteiger partial charge in [-0.05, 0) is 37.1 Å². The van der Waals surface area contributed by atoms with Crippen molar-refractivity contribution in [1.29, 1.82) is 0 Å². The van der Waals surface area contributed by atoms with Crippen LogP contribution >= 0.6 is 0 Å². The number of hydrogen-bond donors (Lipinski definition) is 1. The Hall–Kier alpha value is -1.60. The van der Waals surface area contributed by atoms with Crippen LogP contribution in [-0.4, -0.2) is 53.7 Å². The lowest BCUT2D eigenvalue weighted by atomic mass is 10.2. The number of carbonyl (C=O) groups excluding carboxylic acids is 1.